The van der Waals surface area contributed by atoms with Gasteiger partial charge in [-0.15, -0.1) is 0 Å². The van der Waals surface area contributed by atoms with Crippen molar-refractivity contribution in [2.45, 2.75) is 44.7 Å². The molecule has 1 aromatic heterocycles. The van der Waals surface area contributed by atoms with Crippen LogP contribution in [-0.2, 0) is 24.2 Å². The zero-order valence-electron chi connectivity index (χ0n) is 10.9. The van der Waals surface area contributed by atoms with Crippen LogP contribution in [0.5, 0.6) is 0 Å². The molecule has 0 bridgehead atoms. The predicted molar refractivity (Wildman–Crippen MR) is 66.4 cm³/mol. The van der Waals surface area contributed by atoms with E-state index in [2.05, 4.69) is 9.88 Å². The maximum absolute atomic E-state index is 12.0. The summed E-state index contributed by atoms with van der Waals surface area (Å²) >= 11 is 0. The van der Waals surface area contributed by atoms with Gasteiger partial charge >= 0.3 is 0 Å². The molecule has 2 aliphatic rings. The lowest BCUT2D eigenvalue weighted by Gasteiger charge is -2.16. The predicted octanol–water partition coefficient (Wildman–Crippen LogP) is 1.69. The topological polar surface area (TPSA) is 39.1 Å². The summed E-state index contributed by atoms with van der Waals surface area (Å²) < 4.78 is 31.3. The van der Waals surface area contributed by atoms with Crippen molar-refractivity contribution in [3.63, 3.8) is 0 Å². The molecule has 1 fully saturated rings. The summed E-state index contributed by atoms with van der Waals surface area (Å²) in [6.07, 6.45) is 0.968. The van der Waals surface area contributed by atoms with E-state index in [0.29, 0.717) is 19.1 Å². The van der Waals surface area contributed by atoms with E-state index in [-0.39, 0.29) is 0 Å². The largest absolute Gasteiger partial charge is 0.374 e. The first-order chi connectivity index (χ1) is 9.25. The van der Waals surface area contributed by atoms with Gasteiger partial charge in [0.05, 0.1) is 12.3 Å². The fourth-order valence-electron chi connectivity index (χ4n) is 2.62. The third kappa shape index (κ3) is 2.95. The highest BCUT2D eigenvalue weighted by Crippen LogP contribution is 2.40. The maximum atomic E-state index is 12.0. The fraction of sp³-hybridized carbons (Fsp3) is 0.769. The minimum atomic E-state index is -2.39. The number of hydrogen-bond acceptors (Lipinski definition) is 3. The van der Waals surface area contributed by atoms with Crippen molar-refractivity contribution in [3.8, 4) is 0 Å². The number of nitrogens with one attached hydrogen (secondary N) is 1. The second kappa shape index (κ2) is 5.54. The average molecular weight is 271 g/mol. The Balaban J connectivity index is 1.69. The van der Waals surface area contributed by atoms with Crippen molar-refractivity contribution in [3.05, 3.63) is 17.2 Å². The smallest absolute Gasteiger partial charge is 0.261 e. The zero-order chi connectivity index (χ0) is 13.2. The minimum absolute atomic E-state index is 0.334. The van der Waals surface area contributed by atoms with Crippen molar-refractivity contribution >= 4 is 0 Å². The van der Waals surface area contributed by atoms with Crippen LogP contribution in [-0.4, -0.2) is 35.7 Å². The summed E-state index contributed by atoms with van der Waals surface area (Å²) in [6.45, 7) is 2.28. The highest BCUT2D eigenvalue weighted by Gasteiger charge is 2.31. The molecule has 0 amide bonds. The molecule has 6 heteroatoms. The third-order valence-corrected chi connectivity index (χ3v) is 3.66. The fourth-order valence-corrected chi connectivity index (χ4v) is 2.62. The van der Waals surface area contributed by atoms with E-state index in [1.54, 1.807) is 0 Å². The van der Waals surface area contributed by atoms with E-state index >= 15 is 0 Å². The number of ether oxygens (including phenoxy) is 1. The highest BCUT2D eigenvalue weighted by atomic mass is 19.3. The molecule has 1 aromatic rings. The Morgan fingerprint density at radius 3 is 3.00 bits per heavy atom. The van der Waals surface area contributed by atoms with Gasteiger partial charge in [0.2, 0.25) is 0 Å². The summed E-state index contributed by atoms with van der Waals surface area (Å²) in [6, 6.07) is 0. The number of nitrogens with zero attached hydrogens (tertiary/aromatic N) is 2. The van der Waals surface area contributed by atoms with Crippen LogP contribution in [0.15, 0.2) is 0 Å². The zero-order valence-corrected chi connectivity index (χ0v) is 10.9. The lowest BCUT2D eigenvalue weighted by molar-refractivity contribution is 0.0144. The van der Waals surface area contributed by atoms with Crippen LogP contribution in [0.1, 0.15) is 36.0 Å². The molecule has 1 saturated carbocycles. The van der Waals surface area contributed by atoms with Gasteiger partial charge in [0.25, 0.3) is 6.43 Å². The first kappa shape index (κ1) is 13.0. The number of rotatable bonds is 6. The molecule has 0 unspecified atom stereocenters. The number of alkyl halides is 2. The molecule has 106 valence electrons. The van der Waals surface area contributed by atoms with E-state index in [4.69, 9.17) is 9.72 Å². The van der Waals surface area contributed by atoms with Gasteiger partial charge in [-0.2, -0.15) is 0 Å². The van der Waals surface area contributed by atoms with Gasteiger partial charge in [-0.25, -0.2) is 13.8 Å². The number of aromatic nitrogens is 2. The quantitative estimate of drug-likeness (QED) is 0.800. The number of fused-ring (bicyclic) bond motifs is 1. The van der Waals surface area contributed by atoms with Gasteiger partial charge in [0, 0.05) is 37.7 Å². The number of hydrogen-bond donors (Lipinski definition) is 1. The Kier molecular flexibility index (Phi) is 3.79. The van der Waals surface area contributed by atoms with Crippen LogP contribution in [0.2, 0.25) is 0 Å². The minimum Gasteiger partial charge on any atom is -0.374 e. The number of imidazole rings is 1. The van der Waals surface area contributed by atoms with Crippen LogP contribution < -0.4 is 5.32 Å². The van der Waals surface area contributed by atoms with Crippen molar-refractivity contribution in [1.29, 1.82) is 0 Å². The molecular weight excluding hydrogens is 252 g/mol. The van der Waals surface area contributed by atoms with E-state index in [0.717, 1.165) is 31.0 Å². The van der Waals surface area contributed by atoms with Gasteiger partial charge in [-0.3, -0.25) is 0 Å². The van der Waals surface area contributed by atoms with Gasteiger partial charge in [-0.05, 0) is 12.8 Å². The van der Waals surface area contributed by atoms with E-state index < -0.39 is 13.0 Å². The lowest BCUT2D eigenvalue weighted by atomic mass is 10.2. The Morgan fingerprint density at radius 2 is 2.26 bits per heavy atom. The Morgan fingerprint density at radius 1 is 1.42 bits per heavy atom. The summed E-state index contributed by atoms with van der Waals surface area (Å²) in [5, 5.41) is 3.32. The van der Waals surface area contributed by atoms with E-state index in [1.807, 2.05) is 0 Å². The molecule has 0 spiro atoms. The maximum Gasteiger partial charge on any atom is 0.261 e. The van der Waals surface area contributed by atoms with E-state index in [9.17, 15) is 8.78 Å². The second-order valence-corrected chi connectivity index (χ2v) is 5.18. The lowest BCUT2D eigenvalue weighted by Crippen LogP contribution is -2.25. The Bertz CT molecular complexity index is 443. The summed E-state index contributed by atoms with van der Waals surface area (Å²) in [7, 11) is 0. The summed E-state index contributed by atoms with van der Waals surface area (Å²) in [5.41, 5.74) is 2.39. The van der Waals surface area contributed by atoms with Crippen molar-refractivity contribution in [2.24, 2.45) is 0 Å². The molecular formula is C13H19F2N3O. The molecule has 3 rings (SSSR count). The van der Waals surface area contributed by atoms with Crippen LogP contribution in [0.25, 0.3) is 0 Å². The molecule has 0 radical (unpaired) electrons. The van der Waals surface area contributed by atoms with Gasteiger partial charge < -0.3 is 14.6 Å². The van der Waals surface area contributed by atoms with E-state index in [1.165, 1.54) is 18.5 Å². The molecule has 1 aliphatic carbocycles. The Hall–Kier alpha value is -1.01. The van der Waals surface area contributed by atoms with Crippen molar-refractivity contribution < 1.29 is 13.5 Å². The molecule has 0 atom stereocenters. The number of halogens is 2. The average Bonchev–Trinajstić information content (AvgIpc) is 3.17. The second-order valence-electron chi connectivity index (χ2n) is 5.18. The van der Waals surface area contributed by atoms with Gasteiger partial charge in [0.1, 0.15) is 12.4 Å². The molecule has 4 nitrogen and oxygen atoms in total. The molecule has 19 heavy (non-hydrogen) atoms. The van der Waals surface area contributed by atoms with Crippen molar-refractivity contribution in [2.75, 3.05) is 19.8 Å². The monoisotopic (exact) mass is 271 g/mol. The molecule has 1 aliphatic heterocycles. The van der Waals surface area contributed by atoms with Crippen LogP contribution in [0, 0.1) is 0 Å². The van der Waals surface area contributed by atoms with Crippen molar-refractivity contribution in [1.82, 2.24) is 14.9 Å². The summed E-state index contributed by atoms with van der Waals surface area (Å²) in [4.78, 5) is 4.72. The van der Waals surface area contributed by atoms with Crippen LogP contribution in [0.3, 0.4) is 0 Å². The first-order valence-corrected chi connectivity index (χ1v) is 6.90. The normalized spacial score (nSPS) is 18.9. The highest BCUT2D eigenvalue weighted by molar-refractivity contribution is 5.24. The Labute approximate surface area is 111 Å². The van der Waals surface area contributed by atoms with Gasteiger partial charge in [-0.1, -0.05) is 0 Å². The van der Waals surface area contributed by atoms with Gasteiger partial charge in [0.15, 0.2) is 0 Å². The van der Waals surface area contributed by atoms with Crippen LogP contribution in [0.4, 0.5) is 8.78 Å². The molecule has 0 saturated heterocycles. The molecule has 2 heterocycles. The summed E-state index contributed by atoms with van der Waals surface area (Å²) in [5.74, 6) is 1.70. The molecule has 1 N–H and O–H groups in total. The third-order valence-electron chi connectivity index (χ3n) is 3.66. The first-order valence-electron chi connectivity index (χ1n) is 6.90. The SMILES string of the molecule is FC(F)COCCn1c(C2CC2)nc2c1CCNC2. The standard InChI is InChI=1S/C13H19F2N3O/c14-12(15)8-19-6-5-18-11-3-4-16-7-10(11)17-13(18)9-1-2-9/h9,12,16H,1-8H2. The van der Waals surface area contributed by atoms with Crippen LogP contribution >= 0.6 is 0 Å². The molecule has 0 aromatic carbocycles.